The number of alkyl halides is 4. The molecule has 33 heavy (non-hydrogen) atoms. The molecule has 0 aliphatic carbocycles. The van der Waals surface area contributed by atoms with Gasteiger partial charge in [0.2, 0.25) is 0 Å². The maximum absolute atomic E-state index is 13.3. The minimum Gasteiger partial charge on any atom is -0.490 e. The molecule has 5 nitrogen and oxygen atoms in total. The maximum atomic E-state index is 13.3. The van der Waals surface area contributed by atoms with Crippen LogP contribution in [0.1, 0.15) is 42.3 Å². The van der Waals surface area contributed by atoms with Gasteiger partial charge in [0.25, 0.3) is 0 Å². The zero-order valence-corrected chi connectivity index (χ0v) is 20.1. The maximum Gasteiger partial charge on any atom is 0.416 e. The van der Waals surface area contributed by atoms with Gasteiger partial charge < -0.3 is 14.2 Å². The van der Waals surface area contributed by atoms with Crippen molar-refractivity contribution >= 4 is 32.8 Å². The number of benzene rings is 2. The fraction of sp³-hybridized carbons (Fsp3) is 0.333. The number of pyridine rings is 1. The minimum absolute atomic E-state index is 0.161. The summed E-state index contributed by atoms with van der Waals surface area (Å²) in [4.78, 5) is 17.5. The molecule has 0 N–H and O–H groups in total. The largest absolute Gasteiger partial charge is 0.490 e. The summed E-state index contributed by atoms with van der Waals surface area (Å²) in [6.07, 6.45) is -4.68. The van der Waals surface area contributed by atoms with Crippen molar-refractivity contribution in [3.63, 3.8) is 0 Å². The average molecular weight is 526 g/mol. The number of halogens is 4. The van der Waals surface area contributed by atoms with Gasteiger partial charge in [-0.2, -0.15) is 13.2 Å². The lowest BCUT2D eigenvalue weighted by Crippen LogP contribution is -2.11. The number of carbonyl (C=O) groups excluding carboxylic acids is 1. The Hall–Kier alpha value is -2.81. The summed E-state index contributed by atoms with van der Waals surface area (Å²) in [5, 5.41) is 0.617. The highest BCUT2D eigenvalue weighted by Crippen LogP contribution is 2.39. The van der Waals surface area contributed by atoms with Crippen molar-refractivity contribution in [3.05, 3.63) is 53.1 Å². The molecule has 176 valence electrons. The van der Waals surface area contributed by atoms with Gasteiger partial charge in [0.15, 0.2) is 11.5 Å². The van der Waals surface area contributed by atoms with Gasteiger partial charge in [-0.25, -0.2) is 9.78 Å². The van der Waals surface area contributed by atoms with Crippen molar-refractivity contribution in [2.45, 2.75) is 38.4 Å². The number of hydrogen-bond donors (Lipinski definition) is 0. The number of methoxy groups -OCH3 is 1. The summed E-state index contributed by atoms with van der Waals surface area (Å²) in [6, 6.07) is 8.12. The van der Waals surface area contributed by atoms with Gasteiger partial charge in [-0.1, -0.05) is 28.1 Å². The number of ether oxygens (including phenoxy) is 3. The Labute approximate surface area is 198 Å². The van der Waals surface area contributed by atoms with Crippen molar-refractivity contribution in [1.29, 1.82) is 0 Å². The van der Waals surface area contributed by atoms with Crippen molar-refractivity contribution in [3.8, 4) is 22.8 Å². The van der Waals surface area contributed by atoms with E-state index in [4.69, 9.17) is 14.2 Å². The summed E-state index contributed by atoms with van der Waals surface area (Å²) in [5.41, 5.74) is 0.638. The van der Waals surface area contributed by atoms with E-state index in [1.807, 2.05) is 20.8 Å². The van der Waals surface area contributed by atoms with Crippen LogP contribution in [0, 0.1) is 0 Å². The van der Waals surface area contributed by atoms with Crippen LogP contribution in [-0.2, 0) is 16.2 Å². The smallest absolute Gasteiger partial charge is 0.416 e. The molecule has 0 fully saturated rings. The molecule has 3 rings (SSSR count). The highest BCUT2D eigenvalue weighted by atomic mass is 79.9. The van der Waals surface area contributed by atoms with Crippen LogP contribution in [0.4, 0.5) is 13.2 Å². The van der Waals surface area contributed by atoms with Gasteiger partial charge in [0, 0.05) is 27.9 Å². The molecule has 9 heteroatoms. The normalized spacial score (nSPS) is 11.7. The number of esters is 1. The van der Waals surface area contributed by atoms with Crippen molar-refractivity contribution in [2.24, 2.45) is 0 Å². The van der Waals surface area contributed by atoms with Crippen molar-refractivity contribution < 1.29 is 32.2 Å². The van der Waals surface area contributed by atoms with Gasteiger partial charge in [0.1, 0.15) is 0 Å². The zero-order valence-electron chi connectivity index (χ0n) is 18.5. The van der Waals surface area contributed by atoms with Crippen LogP contribution >= 0.6 is 15.9 Å². The third kappa shape index (κ3) is 5.24. The molecule has 3 aromatic rings. The Bertz CT molecular complexity index is 1180. The number of hydrogen-bond acceptors (Lipinski definition) is 5. The lowest BCUT2D eigenvalue weighted by molar-refractivity contribution is -0.137. The molecule has 0 atom stereocenters. The lowest BCUT2D eigenvalue weighted by Gasteiger charge is -2.19. The average Bonchev–Trinajstić information content (AvgIpc) is 2.77. The first-order valence-electron chi connectivity index (χ1n) is 10.2. The SMILES string of the molecule is CCOc1cc2c(C(=O)OC)c(CBr)c(-c3cccc(C(F)(F)F)c3)nc2cc1OC(C)C. The van der Waals surface area contributed by atoms with Crippen molar-refractivity contribution in [1.82, 2.24) is 4.98 Å². The van der Waals surface area contributed by atoms with E-state index < -0.39 is 17.7 Å². The summed E-state index contributed by atoms with van der Waals surface area (Å²) >= 11 is 3.37. The minimum atomic E-state index is -4.52. The van der Waals surface area contributed by atoms with E-state index in [1.165, 1.54) is 19.2 Å². The third-order valence-electron chi connectivity index (χ3n) is 4.80. The second-order valence-electron chi connectivity index (χ2n) is 7.43. The molecule has 0 unspecified atom stereocenters. The molecule has 0 radical (unpaired) electrons. The van der Waals surface area contributed by atoms with Gasteiger partial charge in [0.05, 0.1) is 42.2 Å². The van der Waals surface area contributed by atoms with E-state index in [-0.39, 0.29) is 28.3 Å². The predicted octanol–water partition coefficient (Wildman–Crippen LogP) is 6.79. The monoisotopic (exact) mass is 525 g/mol. The third-order valence-corrected chi connectivity index (χ3v) is 5.36. The Morgan fingerprint density at radius 2 is 1.88 bits per heavy atom. The van der Waals surface area contributed by atoms with Crippen LogP contribution < -0.4 is 9.47 Å². The zero-order chi connectivity index (χ0) is 24.3. The second kappa shape index (κ2) is 9.99. The Morgan fingerprint density at radius 1 is 1.15 bits per heavy atom. The number of nitrogens with zero attached hydrogens (tertiary/aromatic N) is 1. The van der Waals surface area contributed by atoms with Gasteiger partial charge in [-0.05, 0) is 39.0 Å². The Morgan fingerprint density at radius 3 is 2.45 bits per heavy atom. The van der Waals surface area contributed by atoms with Crippen LogP contribution in [0.3, 0.4) is 0 Å². The fourth-order valence-corrected chi connectivity index (χ4v) is 4.02. The fourth-order valence-electron chi connectivity index (χ4n) is 3.47. The van der Waals surface area contributed by atoms with E-state index in [2.05, 4.69) is 20.9 Å². The van der Waals surface area contributed by atoms with Crippen LogP contribution in [0.2, 0.25) is 0 Å². The molecule has 2 aromatic carbocycles. The number of carbonyl (C=O) groups is 1. The van der Waals surface area contributed by atoms with Gasteiger partial charge in [-0.15, -0.1) is 0 Å². The lowest BCUT2D eigenvalue weighted by atomic mass is 9.96. The molecule has 0 saturated carbocycles. The Kier molecular flexibility index (Phi) is 7.51. The first-order chi connectivity index (χ1) is 15.6. The van der Waals surface area contributed by atoms with Crippen LogP contribution in [0.15, 0.2) is 36.4 Å². The van der Waals surface area contributed by atoms with Crippen LogP contribution in [0.5, 0.6) is 11.5 Å². The summed E-state index contributed by atoms with van der Waals surface area (Å²) in [5.74, 6) is 0.215. The van der Waals surface area contributed by atoms with Gasteiger partial charge >= 0.3 is 12.1 Å². The standard InChI is InChI=1S/C24H23BrF3NO4/c1-5-32-19-10-16-18(11-20(19)33-13(2)3)29-22(17(12-25)21(16)23(30)31-4)14-7-6-8-15(9-14)24(26,27)28/h6-11,13H,5,12H2,1-4H3. The van der Waals surface area contributed by atoms with E-state index in [1.54, 1.807) is 12.1 Å². The van der Waals surface area contributed by atoms with E-state index in [0.717, 1.165) is 12.1 Å². The first kappa shape index (κ1) is 24.8. The molecule has 0 aliphatic rings. The molecular formula is C24H23BrF3NO4. The molecule has 1 heterocycles. The van der Waals surface area contributed by atoms with E-state index >= 15 is 0 Å². The molecule has 0 spiro atoms. The summed E-state index contributed by atoms with van der Waals surface area (Å²) < 4.78 is 56.6. The molecular weight excluding hydrogens is 503 g/mol. The molecule has 0 amide bonds. The highest BCUT2D eigenvalue weighted by Gasteiger charge is 2.31. The summed E-state index contributed by atoms with van der Waals surface area (Å²) in [7, 11) is 1.25. The molecule has 0 aliphatic heterocycles. The van der Waals surface area contributed by atoms with Crippen LogP contribution in [0.25, 0.3) is 22.2 Å². The van der Waals surface area contributed by atoms with Gasteiger partial charge in [-0.3, -0.25) is 0 Å². The number of rotatable bonds is 7. The highest BCUT2D eigenvalue weighted by molar-refractivity contribution is 9.08. The quantitative estimate of drug-likeness (QED) is 0.251. The van der Waals surface area contributed by atoms with E-state index in [9.17, 15) is 18.0 Å². The van der Waals surface area contributed by atoms with Crippen LogP contribution in [-0.4, -0.2) is 30.8 Å². The molecule has 1 aromatic heterocycles. The topological polar surface area (TPSA) is 57.7 Å². The number of fused-ring (bicyclic) bond motifs is 1. The summed E-state index contributed by atoms with van der Waals surface area (Å²) in [6.45, 7) is 5.91. The number of aromatic nitrogens is 1. The molecule has 0 saturated heterocycles. The Balaban J connectivity index is 2.39. The molecule has 0 bridgehead atoms. The second-order valence-corrected chi connectivity index (χ2v) is 7.99. The van der Waals surface area contributed by atoms with Crippen molar-refractivity contribution in [2.75, 3.05) is 13.7 Å². The predicted molar refractivity (Wildman–Crippen MR) is 123 cm³/mol. The van der Waals surface area contributed by atoms with E-state index in [0.29, 0.717) is 34.6 Å². The first-order valence-corrected chi connectivity index (χ1v) is 11.3.